The van der Waals surface area contributed by atoms with Crippen LogP contribution in [0, 0.1) is 18.8 Å². The Balaban J connectivity index is 2.22. The molecule has 0 saturated heterocycles. The minimum absolute atomic E-state index is 0.0184. The van der Waals surface area contributed by atoms with Gasteiger partial charge >= 0.3 is 0 Å². The molecule has 0 radical (unpaired) electrons. The molecule has 0 aliphatic heterocycles. The molecule has 0 atom stereocenters. The number of rotatable bonds is 3. The van der Waals surface area contributed by atoms with Crippen LogP contribution < -0.4 is 5.32 Å². The lowest BCUT2D eigenvalue weighted by Crippen LogP contribution is -2.16. The predicted octanol–water partition coefficient (Wildman–Crippen LogP) is 1.17. The van der Waals surface area contributed by atoms with Gasteiger partial charge in [-0.05, 0) is 24.6 Å². The highest BCUT2D eigenvalue weighted by atomic mass is 16.2. The molecule has 0 spiro atoms. The Morgan fingerprint density at radius 3 is 2.95 bits per heavy atom. The van der Waals surface area contributed by atoms with Crippen LogP contribution in [0.3, 0.4) is 0 Å². The molecular weight excluding hydrogens is 268 g/mol. The largest absolute Gasteiger partial charge is 0.395 e. The molecule has 6 nitrogen and oxygen atoms in total. The Morgan fingerprint density at radius 1 is 1.38 bits per heavy atom. The Hall–Kier alpha value is -2.78. The van der Waals surface area contributed by atoms with Gasteiger partial charge in [-0.1, -0.05) is 17.9 Å². The van der Waals surface area contributed by atoms with Crippen LogP contribution in [0.5, 0.6) is 0 Å². The molecule has 21 heavy (non-hydrogen) atoms. The fraction of sp³-hybridized carbons (Fsp3) is 0.200. The molecule has 0 bridgehead atoms. The molecule has 0 unspecified atom stereocenters. The van der Waals surface area contributed by atoms with Crippen molar-refractivity contribution < 1.29 is 9.90 Å². The Morgan fingerprint density at radius 2 is 2.24 bits per heavy atom. The van der Waals surface area contributed by atoms with Gasteiger partial charge in [-0.3, -0.25) is 10.1 Å². The van der Waals surface area contributed by atoms with E-state index in [0.29, 0.717) is 12.0 Å². The first-order valence-electron chi connectivity index (χ1n) is 6.36. The van der Waals surface area contributed by atoms with Crippen LogP contribution in [0.1, 0.15) is 27.9 Å². The first-order chi connectivity index (χ1) is 10.2. The van der Waals surface area contributed by atoms with Crippen LogP contribution in [0.25, 0.3) is 0 Å². The van der Waals surface area contributed by atoms with E-state index in [1.807, 2.05) is 13.0 Å². The van der Waals surface area contributed by atoms with E-state index in [0.717, 1.165) is 11.1 Å². The summed E-state index contributed by atoms with van der Waals surface area (Å²) in [6, 6.07) is 5.30. The second-order valence-electron chi connectivity index (χ2n) is 4.17. The van der Waals surface area contributed by atoms with E-state index in [9.17, 15) is 4.79 Å². The summed E-state index contributed by atoms with van der Waals surface area (Å²) in [5.41, 5.74) is 2.02. The topological polar surface area (TPSA) is 88.0 Å². The molecule has 0 saturated carbocycles. The van der Waals surface area contributed by atoms with Crippen molar-refractivity contribution in [1.82, 2.24) is 15.2 Å². The number of carbonyl (C=O) groups excluding carboxylic acids is 1. The Kier molecular flexibility index (Phi) is 4.96. The number of nitrogens with one attached hydrogen (secondary N) is 1. The van der Waals surface area contributed by atoms with Crippen LogP contribution in [-0.4, -0.2) is 32.8 Å². The predicted molar refractivity (Wildman–Crippen MR) is 77.5 cm³/mol. The normalized spacial score (nSPS) is 9.62. The van der Waals surface area contributed by atoms with Gasteiger partial charge in [0.1, 0.15) is 0 Å². The van der Waals surface area contributed by atoms with Crippen LogP contribution >= 0.6 is 0 Å². The number of anilines is 1. The van der Waals surface area contributed by atoms with Crippen molar-refractivity contribution in [3.05, 3.63) is 47.3 Å². The van der Waals surface area contributed by atoms with E-state index in [1.165, 1.54) is 12.4 Å². The fourth-order valence-electron chi connectivity index (χ4n) is 1.70. The maximum absolute atomic E-state index is 12.2. The summed E-state index contributed by atoms with van der Waals surface area (Å²) in [5.74, 6) is 5.62. The fourth-order valence-corrected chi connectivity index (χ4v) is 1.70. The zero-order valence-electron chi connectivity index (χ0n) is 11.5. The second kappa shape index (κ2) is 7.12. The van der Waals surface area contributed by atoms with Gasteiger partial charge in [-0.15, -0.1) is 5.10 Å². The SMILES string of the molecule is Cc1c(C#CCCO)cccc1C(=O)Nc1nccnn1. The van der Waals surface area contributed by atoms with Crippen LogP contribution in [-0.2, 0) is 0 Å². The van der Waals surface area contributed by atoms with Gasteiger partial charge in [-0.2, -0.15) is 5.10 Å². The average Bonchev–Trinajstić information content (AvgIpc) is 2.50. The summed E-state index contributed by atoms with van der Waals surface area (Å²) < 4.78 is 0. The summed E-state index contributed by atoms with van der Waals surface area (Å²) in [6.45, 7) is 1.84. The number of nitrogens with zero attached hydrogens (tertiary/aromatic N) is 3. The summed E-state index contributed by atoms with van der Waals surface area (Å²) in [7, 11) is 0. The summed E-state index contributed by atoms with van der Waals surface area (Å²) in [6.07, 6.45) is 3.28. The lowest BCUT2D eigenvalue weighted by molar-refractivity contribution is 0.102. The first-order valence-corrected chi connectivity index (χ1v) is 6.36. The first kappa shape index (κ1) is 14.6. The summed E-state index contributed by atoms with van der Waals surface area (Å²) in [5, 5.41) is 18.7. The van der Waals surface area contributed by atoms with E-state index in [4.69, 9.17) is 5.11 Å². The van der Waals surface area contributed by atoms with Crippen molar-refractivity contribution in [2.45, 2.75) is 13.3 Å². The summed E-state index contributed by atoms with van der Waals surface area (Å²) >= 11 is 0. The maximum atomic E-state index is 12.2. The third kappa shape index (κ3) is 3.84. The molecule has 2 rings (SSSR count). The third-order valence-corrected chi connectivity index (χ3v) is 2.75. The van der Waals surface area contributed by atoms with Gasteiger partial charge in [0, 0.05) is 17.5 Å². The molecule has 0 fully saturated rings. The lowest BCUT2D eigenvalue weighted by Gasteiger charge is -2.07. The number of aromatic nitrogens is 3. The van der Waals surface area contributed by atoms with Gasteiger partial charge in [0.25, 0.3) is 5.91 Å². The molecular formula is C15H14N4O2. The number of carbonyl (C=O) groups is 1. The van der Waals surface area contributed by atoms with Crippen molar-refractivity contribution in [3.8, 4) is 11.8 Å². The van der Waals surface area contributed by atoms with Gasteiger partial charge in [0.15, 0.2) is 0 Å². The number of amides is 1. The number of aliphatic hydroxyl groups is 1. The molecule has 2 aromatic rings. The maximum Gasteiger partial charge on any atom is 0.258 e. The van der Waals surface area contributed by atoms with E-state index in [-0.39, 0.29) is 18.5 Å². The highest BCUT2D eigenvalue weighted by Gasteiger charge is 2.12. The highest BCUT2D eigenvalue weighted by Crippen LogP contribution is 2.14. The average molecular weight is 282 g/mol. The van der Waals surface area contributed by atoms with Crippen molar-refractivity contribution >= 4 is 11.9 Å². The minimum atomic E-state index is -0.314. The Labute approximate surface area is 122 Å². The molecule has 1 aromatic carbocycles. The van der Waals surface area contributed by atoms with Crippen molar-refractivity contribution in [2.24, 2.45) is 0 Å². The molecule has 1 aromatic heterocycles. The molecule has 1 heterocycles. The van der Waals surface area contributed by atoms with Crippen molar-refractivity contribution in [3.63, 3.8) is 0 Å². The summed E-state index contributed by atoms with van der Waals surface area (Å²) in [4.78, 5) is 16.1. The second-order valence-corrected chi connectivity index (χ2v) is 4.17. The highest BCUT2D eigenvalue weighted by molar-refractivity contribution is 6.04. The van der Waals surface area contributed by atoms with E-state index in [2.05, 4.69) is 32.3 Å². The molecule has 6 heteroatoms. The van der Waals surface area contributed by atoms with Crippen LogP contribution in [0.4, 0.5) is 5.95 Å². The monoisotopic (exact) mass is 282 g/mol. The van der Waals surface area contributed by atoms with Gasteiger partial charge in [-0.25, -0.2) is 4.98 Å². The van der Waals surface area contributed by atoms with E-state index in [1.54, 1.807) is 12.1 Å². The number of hydrogen-bond donors (Lipinski definition) is 2. The van der Waals surface area contributed by atoms with Crippen LogP contribution in [0.15, 0.2) is 30.6 Å². The van der Waals surface area contributed by atoms with Gasteiger partial charge in [0.05, 0.1) is 19.0 Å². The zero-order chi connectivity index (χ0) is 15.1. The van der Waals surface area contributed by atoms with Crippen LogP contribution in [0.2, 0.25) is 0 Å². The zero-order valence-corrected chi connectivity index (χ0v) is 11.5. The number of benzene rings is 1. The van der Waals surface area contributed by atoms with Crippen molar-refractivity contribution in [2.75, 3.05) is 11.9 Å². The number of hydrogen-bond acceptors (Lipinski definition) is 5. The van der Waals surface area contributed by atoms with Gasteiger partial charge < -0.3 is 5.11 Å². The molecule has 2 N–H and O–H groups in total. The molecule has 1 amide bonds. The third-order valence-electron chi connectivity index (χ3n) is 2.75. The molecule has 0 aliphatic carbocycles. The standard InChI is InChI=1S/C15H14N4O2/c1-11-12(5-2-3-10-20)6-4-7-13(11)14(21)18-15-16-8-9-17-19-15/h4,6-9,20H,3,10H2,1H3,(H,16,18,19,21). The van der Waals surface area contributed by atoms with E-state index >= 15 is 0 Å². The van der Waals surface area contributed by atoms with Gasteiger partial charge in [0.2, 0.25) is 5.95 Å². The smallest absolute Gasteiger partial charge is 0.258 e. The van der Waals surface area contributed by atoms with E-state index < -0.39 is 0 Å². The molecule has 106 valence electrons. The Bertz CT molecular complexity index is 690. The quantitative estimate of drug-likeness (QED) is 0.825. The minimum Gasteiger partial charge on any atom is -0.395 e. The van der Waals surface area contributed by atoms with Crippen molar-refractivity contribution in [1.29, 1.82) is 0 Å². The molecule has 0 aliphatic rings. The number of aliphatic hydroxyl groups excluding tert-OH is 1. The lowest BCUT2D eigenvalue weighted by atomic mass is 10.0.